The molecule has 1 atom stereocenters. The summed E-state index contributed by atoms with van der Waals surface area (Å²) in [5.41, 5.74) is -0.325. The molecule has 1 unspecified atom stereocenters. The van der Waals surface area contributed by atoms with Crippen LogP contribution in [0, 0.1) is 17.2 Å². The van der Waals surface area contributed by atoms with Gasteiger partial charge in [0, 0.05) is 0 Å². The van der Waals surface area contributed by atoms with Crippen LogP contribution in [0.1, 0.15) is 53.4 Å². The van der Waals surface area contributed by atoms with Crippen LogP contribution in [0.5, 0.6) is 0 Å². The van der Waals surface area contributed by atoms with Gasteiger partial charge in [0.15, 0.2) is 0 Å². The minimum Gasteiger partial charge on any atom is -0.300 e. The molecule has 3 heteroatoms. The molecule has 0 aromatic rings. The maximum atomic E-state index is 9.17. The summed E-state index contributed by atoms with van der Waals surface area (Å²) in [6, 6.07) is 2.40. The fourth-order valence-corrected chi connectivity index (χ4v) is 2.72. The topological polar surface area (TPSA) is 35.8 Å². The summed E-state index contributed by atoms with van der Waals surface area (Å²) >= 11 is 2.02. The minimum atomic E-state index is -0.325. The Bertz CT molecular complexity index is 223. The predicted octanol–water partition coefficient (Wildman–Crippen LogP) is 3.83. The summed E-state index contributed by atoms with van der Waals surface area (Å²) in [7, 11) is 0. The van der Waals surface area contributed by atoms with Crippen LogP contribution in [-0.4, -0.2) is 23.6 Å². The Hall–Kier alpha value is -0.200. The van der Waals surface area contributed by atoms with Gasteiger partial charge in [-0.2, -0.15) is 17.0 Å². The summed E-state index contributed by atoms with van der Waals surface area (Å²) in [4.78, 5) is 0. The summed E-state index contributed by atoms with van der Waals surface area (Å²) in [5.74, 6) is 3.24. The van der Waals surface area contributed by atoms with Crippen LogP contribution in [0.25, 0.3) is 0 Å². The van der Waals surface area contributed by atoms with Crippen LogP contribution < -0.4 is 5.32 Å². The molecule has 0 rings (SSSR count). The number of hydrogen-bond acceptors (Lipinski definition) is 3. The Morgan fingerprint density at radius 2 is 2.06 bits per heavy atom. The zero-order valence-electron chi connectivity index (χ0n) is 11.9. The average Bonchev–Trinajstić information content (AvgIpc) is 2.30. The Labute approximate surface area is 112 Å². The molecule has 17 heavy (non-hydrogen) atoms. The third kappa shape index (κ3) is 9.50. The highest BCUT2D eigenvalue weighted by molar-refractivity contribution is 7.99. The van der Waals surface area contributed by atoms with Crippen LogP contribution >= 0.6 is 11.8 Å². The van der Waals surface area contributed by atoms with E-state index in [0.717, 1.165) is 31.7 Å². The smallest absolute Gasteiger partial charge is 0.103 e. The third-order valence-electron chi connectivity index (χ3n) is 2.82. The lowest BCUT2D eigenvalue weighted by atomic mass is 9.98. The van der Waals surface area contributed by atoms with Crippen molar-refractivity contribution in [2.24, 2.45) is 5.92 Å². The molecular formula is C14H28N2S. The van der Waals surface area contributed by atoms with Crippen molar-refractivity contribution < 1.29 is 0 Å². The van der Waals surface area contributed by atoms with Crippen molar-refractivity contribution in [3.63, 3.8) is 0 Å². The SMILES string of the molecule is CCCNC(C)(C#N)CCCSCCC(C)C. The number of nitrogens with zero attached hydrogens (tertiary/aromatic N) is 1. The molecule has 0 saturated carbocycles. The first-order chi connectivity index (χ1) is 8.04. The summed E-state index contributed by atoms with van der Waals surface area (Å²) in [5, 5.41) is 12.5. The zero-order valence-corrected chi connectivity index (χ0v) is 12.7. The van der Waals surface area contributed by atoms with Gasteiger partial charge in [-0.3, -0.25) is 5.32 Å². The van der Waals surface area contributed by atoms with Crippen LogP contribution in [0.4, 0.5) is 0 Å². The zero-order chi connectivity index (χ0) is 13.1. The summed E-state index contributed by atoms with van der Waals surface area (Å²) in [6.45, 7) is 9.61. The van der Waals surface area contributed by atoms with Gasteiger partial charge >= 0.3 is 0 Å². The van der Waals surface area contributed by atoms with Crippen molar-refractivity contribution >= 4 is 11.8 Å². The maximum Gasteiger partial charge on any atom is 0.103 e. The molecule has 0 heterocycles. The third-order valence-corrected chi connectivity index (χ3v) is 3.92. The second-order valence-electron chi connectivity index (χ2n) is 5.27. The Kier molecular flexibility index (Phi) is 9.68. The second-order valence-corrected chi connectivity index (χ2v) is 6.49. The molecule has 0 radical (unpaired) electrons. The molecule has 0 aromatic heterocycles. The molecule has 0 spiro atoms. The largest absolute Gasteiger partial charge is 0.300 e. The van der Waals surface area contributed by atoms with Gasteiger partial charge in [0.2, 0.25) is 0 Å². The van der Waals surface area contributed by atoms with Gasteiger partial charge in [0.1, 0.15) is 5.54 Å². The van der Waals surface area contributed by atoms with E-state index in [1.165, 1.54) is 17.9 Å². The van der Waals surface area contributed by atoms with Gasteiger partial charge in [-0.05, 0) is 56.6 Å². The molecule has 0 aliphatic rings. The Balaban J connectivity index is 3.60. The van der Waals surface area contributed by atoms with E-state index >= 15 is 0 Å². The molecule has 0 amide bonds. The molecule has 0 aliphatic heterocycles. The number of thioether (sulfide) groups is 1. The van der Waals surface area contributed by atoms with Gasteiger partial charge in [-0.15, -0.1) is 0 Å². The molecule has 1 N–H and O–H groups in total. The van der Waals surface area contributed by atoms with Gasteiger partial charge in [0.05, 0.1) is 6.07 Å². The highest BCUT2D eigenvalue weighted by atomic mass is 32.2. The van der Waals surface area contributed by atoms with E-state index in [1.807, 2.05) is 18.7 Å². The van der Waals surface area contributed by atoms with E-state index in [9.17, 15) is 0 Å². The molecule has 0 aromatic carbocycles. The van der Waals surface area contributed by atoms with Gasteiger partial charge in [-0.1, -0.05) is 20.8 Å². The average molecular weight is 256 g/mol. The fourth-order valence-electron chi connectivity index (χ4n) is 1.53. The highest BCUT2D eigenvalue weighted by Crippen LogP contribution is 2.16. The van der Waals surface area contributed by atoms with Gasteiger partial charge < -0.3 is 0 Å². The van der Waals surface area contributed by atoms with E-state index in [1.54, 1.807) is 0 Å². The first kappa shape index (κ1) is 16.8. The van der Waals surface area contributed by atoms with E-state index in [0.29, 0.717) is 0 Å². The summed E-state index contributed by atoms with van der Waals surface area (Å²) < 4.78 is 0. The van der Waals surface area contributed by atoms with Gasteiger partial charge in [0.25, 0.3) is 0 Å². The van der Waals surface area contributed by atoms with Crippen molar-refractivity contribution in [3.05, 3.63) is 0 Å². The number of rotatable bonds is 10. The van der Waals surface area contributed by atoms with Crippen molar-refractivity contribution in [1.82, 2.24) is 5.32 Å². The van der Waals surface area contributed by atoms with Crippen molar-refractivity contribution in [3.8, 4) is 6.07 Å². The standard InChI is InChI=1S/C14H28N2S/c1-5-9-16-14(4,12-15)8-6-10-17-11-7-13(2)3/h13,16H,5-11H2,1-4H3. The van der Waals surface area contributed by atoms with E-state index in [4.69, 9.17) is 5.26 Å². The Morgan fingerprint density at radius 1 is 1.35 bits per heavy atom. The lowest BCUT2D eigenvalue weighted by Gasteiger charge is -2.22. The quantitative estimate of drug-likeness (QED) is 0.603. The van der Waals surface area contributed by atoms with Crippen LogP contribution in [0.3, 0.4) is 0 Å². The number of hydrogen-bond donors (Lipinski definition) is 1. The fraction of sp³-hybridized carbons (Fsp3) is 0.929. The van der Waals surface area contributed by atoms with Crippen molar-refractivity contribution in [2.75, 3.05) is 18.1 Å². The van der Waals surface area contributed by atoms with Gasteiger partial charge in [-0.25, -0.2) is 0 Å². The molecule has 100 valence electrons. The Morgan fingerprint density at radius 3 is 2.59 bits per heavy atom. The predicted molar refractivity (Wildman–Crippen MR) is 78.3 cm³/mol. The second kappa shape index (κ2) is 9.79. The first-order valence-electron chi connectivity index (χ1n) is 6.78. The maximum absolute atomic E-state index is 9.17. The lowest BCUT2D eigenvalue weighted by Crippen LogP contribution is -2.41. The number of nitrogens with one attached hydrogen (secondary N) is 1. The van der Waals surface area contributed by atoms with Crippen LogP contribution in [-0.2, 0) is 0 Å². The highest BCUT2D eigenvalue weighted by Gasteiger charge is 2.21. The number of nitriles is 1. The normalized spacial score (nSPS) is 14.6. The van der Waals surface area contributed by atoms with E-state index in [2.05, 4.69) is 32.2 Å². The molecule has 2 nitrogen and oxygen atoms in total. The van der Waals surface area contributed by atoms with Crippen LogP contribution in [0.15, 0.2) is 0 Å². The molecule has 0 fully saturated rings. The lowest BCUT2D eigenvalue weighted by molar-refractivity contribution is 0.415. The molecule has 0 aliphatic carbocycles. The van der Waals surface area contributed by atoms with Crippen molar-refractivity contribution in [1.29, 1.82) is 5.26 Å². The molecular weight excluding hydrogens is 228 g/mol. The van der Waals surface area contributed by atoms with Crippen molar-refractivity contribution in [2.45, 2.75) is 58.9 Å². The van der Waals surface area contributed by atoms with E-state index < -0.39 is 0 Å². The molecule has 0 saturated heterocycles. The van der Waals surface area contributed by atoms with E-state index in [-0.39, 0.29) is 5.54 Å². The monoisotopic (exact) mass is 256 g/mol. The minimum absolute atomic E-state index is 0.325. The summed E-state index contributed by atoms with van der Waals surface area (Å²) in [6.07, 6.45) is 4.47. The molecule has 0 bridgehead atoms. The van der Waals surface area contributed by atoms with Crippen LogP contribution in [0.2, 0.25) is 0 Å². The first-order valence-corrected chi connectivity index (χ1v) is 7.93.